The van der Waals surface area contributed by atoms with E-state index in [2.05, 4.69) is 5.32 Å². The molecule has 0 aromatic heterocycles. The van der Waals surface area contributed by atoms with Crippen LogP contribution in [-0.4, -0.2) is 33.1 Å². The minimum atomic E-state index is -1.59. The summed E-state index contributed by atoms with van der Waals surface area (Å²) in [5.41, 5.74) is 1.79. The van der Waals surface area contributed by atoms with Gasteiger partial charge in [-0.05, 0) is 31.2 Å². The summed E-state index contributed by atoms with van der Waals surface area (Å²) in [6, 6.07) is 9.79. The number of rotatable bonds is 7. The summed E-state index contributed by atoms with van der Waals surface area (Å²) < 4.78 is 39.8. The number of hydrogen-bond acceptors (Lipinski definition) is 2. The first-order valence-electron chi connectivity index (χ1n) is 8.35. The summed E-state index contributed by atoms with van der Waals surface area (Å²) in [5, 5.41) is 2.30. The lowest BCUT2D eigenvalue weighted by Crippen LogP contribution is -3.11. The van der Waals surface area contributed by atoms with E-state index in [0.717, 1.165) is 28.3 Å². The third kappa shape index (κ3) is 4.98. The van der Waals surface area contributed by atoms with Crippen LogP contribution < -0.4 is 15.1 Å². The standard InChI is InChI=1S/C19H22F3N3O/c1-4-25(11-13-5-7-14(8-6-13)24(2)3)12-17(26)23-16-10-9-15(20)18(21)19(16)22/h5-10H,4,11-12H2,1-3H3,(H,23,26)/p+1. The number of amides is 1. The average Bonchev–Trinajstić information content (AvgIpc) is 2.62. The number of hydrogen-bond donors (Lipinski definition) is 2. The zero-order valence-corrected chi connectivity index (χ0v) is 15.1. The SMILES string of the molecule is CC[NH+](CC(=O)Nc1ccc(F)c(F)c1F)Cc1ccc(N(C)C)cc1. The van der Waals surface area contributed by atoms with E-state index in [9.17, 15) is 18.0 Å². The minimum Gasteiger partial charge on any atom is -0.378 e. The molecule has 2 N–H and O–H groups in total. The molecular formula is C19H23F3N3O+. The Labute approximate surface area is 151 Å². The second-order valence-corrected chi connectivity index (χ2v) is 6.29. The first kappa shape index (κ1) is 19.8. The van der Waals surface area contributed by atoms with Crippen LogP contribution in [0.1, 0.15) is 12.5 Å². The van der Waals surface area contributed by atoms with Gasteiger partial charge in [0.05, 0.1) is 12.2 Å². The van der Waals surface area contributed by atoms with Gasteiger partial charge in [-0.1, -0.05) is 12.1 Å². The smallest absolute Gasteiger partial charge is 0.279 e. The van der Waals surface area contributed by atoms with Crippen molar-refractivity contribution in [2.24, 2.45) is 0 Å². The van der Waals surface area contributed by atoms with Crippen molar-refractivity contribution in [1.29, 1.82) is 0 Å². The Balaban J connectivity index is 1.98. The highest BCUT2D eigenvalue weighted by Crippen LogP contribution is 2.19. The molecule has 140 valence electrons. The number of carbonyl (C=O) groups is 1. The molecule has 7 heteroatoms. The number of nitrogens with zero attached hydrogens (tertiary/aromatic N) is 1. The predicted molar refractivity (Wildman–Crippen MR) is 95.8 cm³/mol. The molecule has 0 heterocycles. The zero-order chi connectivity index (χ0) is 19.3. The molecule has 0 aliphatic carbocycles. The van der Waals surface area contributed by atoms with Crippen molar-refractivity contribution in [3.05, 3.63) is 59.4 Å². The number of anilines is 2. The first-order chi connectivity index (χ1) is 12.3. The average molecular weight is 366 g/mol. The van der Waals surface area contributed by atoms with Crippen LogP contribution in [0.15, 0.2) is 36.4 Å². The summed E-state index contributed by atoms with van der Waals surface area (Å²) in [6.07, 6.45) is 0. The van der Waals surface area contributed by atoms with Crippen LogP contribution in [0.4, 0.5) is 24.5 Å². The Hall–Kier alpha value is -2.54. The van der Waals surface area contributed by atoms with E-state index in [-0.39, 0.29) is 12.2 Å². The van der Waals surface area contributed by atoms with E-state index in [1.54, 1.807) is 0 Å². The van der Waals surface area contributed by atoms with Crippen LogP contribution in [0.3, 0.4) is 0 Å². The molecule has 0 spiro atoms. The summed E-state index contributed by atoms with van der Waals surface area (Å²) in [5.74, 6) is -4.74. The van der Waals surface area contributed by atoms with Gasteiger partial charge in [-0.2, -0.15) is 0 Å². The Bertz CT molecular complexity index is 763. The molecular weight excluding hydrogens is 343 g/mol. The number of halogens is 3. The van der Waals surface area contributed by atoms with Crippen molar-refractivity contribution in [2.75, 3.05) is 37.4 Å². The lowest BCUT2D eigenvalue weighted by atomic mass is 10.2. The molecule has 0 aliphatic heterocycles. The largest absolute Gasteiger partial charge is 0.378 e. The van der Waals surface area contributed by atoms with E-state index in [1.165, 1.54) is 0 Å². The lowest BCUT2D eigenvalue weighted by Gasteiger charge is -2.18. The number of quaternary nitrogens is 1. The highest BCUT2D eigenvalue weighted by molar-refractivity contribution is 5.91. The third-order valence-corrected chi connectivity index (χ3v) is 4.13. The maximum Gasteiger partial charge on any atom is 0.279 e. The number of carbonyl (C=O) groups excluding carboxylic acids is 1. The normalized spacial score (nSPS) is 11.9. The summed E-state index contributed by atoms with van der Waals surface area (Å²) in [4.78, 5) is 15.1. The second kappa shape index (κ2) is 8.71. The molecule has 0 saturated heterocycles. The minimum absolute atomic E-state index is 0.0877. The highest BCUT2D eigenvalue weighted by atomic mass is 19.2. The Kier molecular flexibility index (Phi) is 6.63. The van der Waals surface area contributed by atoms with Gasteiger partial charge < -0.3 is 15.1 Å². The van der Waals surface area contributed by atoms with Gasteiger partial charge in [-0.3, -0.25) is 4.79 Å². The zero-order valence-electron chi connectivity index (χ0n) is 15.1. The lowest BCUT2D eigenvalue weighted by molar-refractivity contribution is -0.903. The van der Waals surface area contributed by atoms with Gasteiger partial charge >= 0.3 is 0 Å². The predicted octanol–water partition coefficient (Wildman–Crippen LogP) is 2.21. The molecule has 0 fully saturated rings. The molecule has 1 unspecified atom stereocenters. The summed E-state index contributed by atoms with van der Waals surface area (Å²) in [6.45, 7) is 3.33. The molecule has 2 rings (SSSR count). The van der Waals surface area contributed by atoms with Crippen molar-refractivity contribution in [1.82, 2.24) is 0 Å². The molecule has 0 aliphatic rings. The fourth-order valence-corrected chi connectivity index (χ4v) is 2.56. The Morgan fingerprint density at radius 1 is 1.04 bits per heavy atom. The quantitative estimate of drug-likeness (QED) is 0.738. The van der Waals surface area contributed by atoms with E-state index in [1.807, 2.05) is 50.2 Å². The van der Waals surface area contributed by atoms with Crippen molar-refractivity contribution in [3.8, 4) is 0 Å². The number of nitrogens with one attached hydrogen (secondary N) is 2. The molecule has 2 aromatic rings. The van der Waals surface area contributed by atoms with Crippen LogP contribution in [0.5, 0.6) is 0 Å². The van der Waals surface area contributed by atoms with Gasteiger partial charge in [0.1, 0.15) is 6.54 Å². The van der Waals surface area contributed by atoms with Gasteiger partial charge in [0.25, 0.3) is 5.91 Å². The van der Waals surface area contributed by atoms with Crippen molar-refractivity contribution < 1.29 is 22.9 Å². The first-order valence-corrected chi connectivity index (χ1v) is 8.35. The molecule has 4 nitrogen and oxygen atoms in total. The van der Waals surface area contributed by atoms with Gasteiger partial charge in [0.15, 0.2) is 24.0 Å². The van der Waals surface area contributed by atoms with Crippen molar-refractivity contribution >= 4 is 17.3 Å². The molecule has 0 radical (unpaired) electrons. The Morgan fingerprint density at radius 3 is 2.27 bits per heavy atom. The molecule has 26 heavy (non-hydrogen) atoms. The fraction of sp³-hybridized carbons (Fsp3) is 0.316. The van der Waals surface area contributed by atoms with Crippen LogP contribution in [0, 0.1) is 17.5 Å². The second-order valence-electron chi connectivity index (χ2n) is 6.29. The molecule has 1 amide bonds. The molecule has 0 saturated carbocycles. The summed E-state index contributed by atoms with van der Waals surface area (Å²) >= 11 is 0. The molecule has 1 atom stereocenters. The van der Waals surface area contributed by atoms with E-state index >= 15 is 0 Å². The van der Waals surface area contributed by atoms with Crippen molar-refractivity contribution in [2.45, 2.75) is 13.5 Å². The van der Waals surface area contributed by atoms with Crippen LogP contribution in [0.2, 0.25) is 0 Å². The Morgan fingerprint density at radius 2 is 1.69 bits per heavy atom. The highest BCUT2D eigenvalue weighted by Gasteiger charge is 2.18. The van der Waals surface area contributed by atoms with Gasteiger partial charge in [-0.25, -0.2) is 13.2 Å². The number of benzene rings is 2. The summed E-state index contributed by atoms with van der Waals surface area (Å²) in [7, 11) is 3.92. The van der Waals surface area contributed by atoms with E-state index in [4.69, 9.17) is 0 Å². The van der Waals surface area contributed by atoms with Gasteiger partial charge in [-0.15, -0.1) is 0 Å². The maximum absolute atomic E-state index is 13.7. The van der Waals surface area contributed by atoms with Crippen LogP contribution >= 0.6 is 0 Å². The molecule has 2 aromatic carbocycles. The van der Waals surface area contributed by atoms with E-state index in [0.29, 0.717) is 13.1 Å². The monoisotopic (exact) mass is 366 g/mol. The van der Waals surface area contributed by atoms with Gasteiger partial charge in [0.2, 0.25) is 0 Å². The third-order valence-electron chi connectivity index (χ3n) is 4.13. The molecule has 0 bridgehead atoms. The fourth-order valence-electron chi connectivity index (χ4n) is 2.56. The topological polar surface area (TPSA) is 36.8 Å². The number of likely N-dealkylation sites (N-methyl/N-ethyl adjacent to an activating group) is 1. The van der Waals surface area contributed by atoms with E-state index < -0.39 is 23.4 Å². The maximum atomic E-state index is 13.7. The van der Waals surface area contributed by atoms with Crippen molar-refractivity contribution in [3.63, 3.8) is 0 Å². The van der Waals surface area contributed by atoms with Gasteiger partial charge in [0, 0.05) is 25.3 Å². The van der Waals surface area contributed by atoms with Crippen LogP contribution in [-0.2, 0) is 11.3 Å². The van der Waals surface area contributed by atoms with Crippen LogP contribution in [0.25, 0.3) is 0 Å².